The minimum atomic E-state index is -0.242. The topological polar surface area (TPSA) is 49.4 Å². The van der Waals surface area contributed by atoms with Gasteiger partial charge >= 0.3 is 0 Å². The van der Waals surface area contributed by atoms with Crippen molar-refractivity contribution in [1.82, 2.24) is 10.2 Å². The van der Waals surface area contributed by atoms with Crippen molar-refractivity contribution in [3.8, 4) is 0 Å². The largest absolute Gasteiger partial charge is 0.345 e. The van der Waals surface area contributed by atoms with Gasteiger partial charge in [0.1, 0.15) is 6.04 Å². The van der Waals surface area contributed by atoms with Gasteiger partial charge in [-0.3, -0.25) is 9.59 Å². The zero-order chi connectivity index (χ0) is 12.0. The zero-order valence-electron chi connectivity index (χ0n) is 9.99. The molecule has 1 unspecified atom stereocenters. The SMILES string of the molecule is CCCC1C(=O)NCC(=O)N1CCCSC. The van der Waals surface area contributed by atoms with E-state index in [1.165, 1.54) is 0 Å². The van der Waals surface area contributed by atoms with E-state index in [0.29, 0.717) is 6.54 Å². The quantitative estimate of drug-likeness (QED) is 0.705. The second-order valence-corrected chi connectivity index (χ2v) is 4.94. The molecule has 0 aliphatic carbocycles. The lowest BCUT2D eigenvalue weighted by Crippen LogP contribution is -2.58. The van der Waals surface area contributed by atoms with Gasteiger partial charge in [-0.25, -0.2) is 0 Å². The maximum absolute atomic E-state index is 11.7. The Balaban J connectivity index is 2.57. The molecule has 92 valence electrons. The molecule has 0 spiro atoms. The number of nitrogens with one attached hydrogen (secondary N) is 1. The second-order valence-electron chi connectivity index (χ2n) is 3.96. The van der Waals surface area contributed by atoms with Gasteiger partial charge < -0.3 is 10.2 Å². The Bertz CT molecular complexity index is 258. The minimum absolute atomic E-state index is 0.00519. The number of carbonyl (C=O) groups is 2. The number of rotatable bonds is 6. The molecule has 4 nitrogen and oxygen atoms in total. The highest BCUT2D eigenvalue weighted by molar-refractivity contribution is 7.98. The van der Waals surface area contributed by atoms with Crippen LogP contribution < -0.4 is 5.32 Å². The summed E-state index contributed by atoms with van der Waals surface area (Å²) >= 11 is 1.77. The molecule has 1 heterocycles. The fraction of sp³-hybridized carbons (Fsp3) is 0.818. The van der Waals surface area contributed by atoms with Gasteiger partial charge in [0, 0.05) is 6.54 Å². The number of hydrogen-bond donors (Lipinski definition) is 1. The van der Waals surface area contributed by atoms with Crippen LogP contribution in [-0.4, -0.2) is 47.9 Å². The molecule has 5 heteroatoms. The van der Waals surface area contributed by atoms with E-state index in [1.807, 2.05) is 13.2 Å². The van der Waals surface area contributed by atoms with Crippen molar-refractivity contribution in [2.45, 2.75) is 32.2 Å². The van der Waals surface area contributed by atoms with Gasteiger partial charge in [-0.15, -0.1) is 0 Å². The first-order chi connectivity index (χ1) is 7.70. The smallest absolute Gasteiger partial charge is 0.243 e. The molecule has 0 aromatic rings. The first-order valence-electron chi connectivity index (χ1n) is 5.76. The molecule has 16 heavy (non-hydrogen) atoms. The fourth-order valence-corrected chi connectivity index (χ4v) is 2.34. The Morgan fingerprint density at radius 1 is 1.50 bits per heavy atom. The number of amides is 2. The Morgan fingerprint density at radius 2 is 2.25 bits per heavy atom. The first kappa shape index (κ1) is 13.4. The molecule has 1 aliphatic rings. The molecule has 0 saturated carbocycles. The third kappa shape index (κ3) is 3.40. The van der Waals surface area contributed by atoms with E-state index < -0.39 is 0 Å². The molecule has 0 bridgehead atoms. The van der Waals surface area contributed by atoms with Crippen LogP contribution in [0.25, 0.3) is 0 Å². The van der Waals surface area contributed by atoms with Crippen molar-refractivity contribution in [2.75, 3.05) is 25.1 Å². The maximum Gasteiger partial charge on any atom is 0.243 e. The van der Waals surface area contributed by atoms with Crippen LogP contribution in [-0.2, 0) is 9.59 Å². The first-order valence-corrected chi connectivity index (χ1v) is 7.16. The summed E-state index contributed by atoms with van der Waals surface area (Å²) in [5, 5.41) is 2.65. The molecule has 1 fully saturated rings. The second kappa shape index (κ2) is 6.78. The normalized spacial score (nSPS) is 21.1. The number of nitrogens with zero attached hydrogens (tertiary/aromatic N) is 1. The van der Waals surface area contributed by atoms with E-state index >= 15 is 0 Å². The van der Waals surface area contributed by atoms with Crippen LogP contribution in [0.15, 0.2) is 0 Å². The average molecular weight is 244 g/mol. The summed E-state index contributed by atoms with van der Waals surface area (Å²) in [5.41, 5.74) is 0. The number of piperazine rings is 1. The maximum atomic E-state index is 11.7. The lowest BCUT2D eigenvalue weighted by molar-refractivity contribution is -0.145. The van der Waals surface area contributed by atoms with Crippen molar-refractivity contribution in [1.29, 1.82) is 0 Å². The average Bonchev–Trinajstić information content (AvgIpc) is 2.27. The third-order valence-electron chi connectivity index (χ3n) is 2.72. The molecule has 1 atom stereocenters. The summed E-state index contributed by atoms with van der Waals surface area (Å²) in [6, 6.07) is -0.242. The summed E-state index contributed by atoms with van der Waals surface area (Å²) in [6.45, 7) is 2.91. The molecular weight excluding hydrogens is 224 g/mol. The molecule has 1 saturated heterocycles. The Hall–Kier alpha value is -0.710. The molecule has 1 N–H and O–H groups in total. The summed E-state index contributed by atoms with van der Waals surface area (Å²) in [5.74, 6) is 1.09. The molecular formula is C11H20N2O2S. The van der Waals surface area contributed by atoms with Gasteiger partial charge in [-0.2, -0.15) is 11.8 Å². The van der Waals surface area contributed by atoms with Crippen LogP contribution in [0.5, 0.6) is 0 Å². The minimum Gasteiger partial charge on any atom is -0.345 e. The van der Waals surface area contributed by atoms with Crippen LogP contribution in [0.3, 0.4) is 0 Å². The van der Waals surface area contributed by atoms with Gasteiger partial charge in [0.05, 0.1) is 6.54 Å². The summed E-state index contributed by atoms with van der Waals surface area (Å²) in [7, 11) is 0. The molecule has 1 aliphatic heterocycles. The number of hydrogen-bond acceptors (Lipinski definition) is 3. The Labute approximate surface area is 101 Å². The van der Waals surface area contributed by atoms with Crippen molar-refractivity contribution in [3.05, 3.63) is 0 Å². The van der Waals surface area contributed by atoms with Crippen LogP contribution >= 0.6 is 11.8 Å². The lowest BCUT2D eigenvalue weighted by Gasteiger charge is -2.34. The van der Waals surface area contributed by atoms with Crippen LogP contribution in [0.4, 0.5) is 0 Å². The lowest BCUT2D eigenvalue weighted by atomic mass is 10.1. The predicted octanol–water partition coefficient (Wildman–Crippen LogP) is 0.867. The summed E-state index contributed by atoms with van der Waals surface area (Å²) in [4.78, 5) is 25.1. The highest BCUT2D eigenvalue weighted by Crippen LogP contribution is 2.13. The number of thioether (sulfide) groups is 1. The highest BCUT2D eigenvalue weighted by atomic mass is 32.2. The Kier molecular flexibility index (Phi) is 5.66. The van der Waals surface area contributed by atoms with E-state index in [4.69, 9.17) is 0 Å². The van der Waals surface area contributed by atoms with Gasteiger partial charge in [0.15, 0.2) is 0 Å². The molecule has 0 radical (unpaired) electrons. The molecule has 0 aromatic heterocycles. The fourth-order valence-electron chi connectivity index (χ4n) is 1.92. The van der Waals surface area contributed by atoms with Crippen LogP contribution in [0.2, 0.25) is 0 Å². The van der Waals surface area contributed by atoms with Crippen molar-refractivity contribution >= 4 is 23.6 Å². The molecule has 2 amide bonds. The van der Waals surface area contributed by atoms with Crippen LogP contribution in [0, 0.1) is 0 Å². The van der Waals surface area contributed by atoms with Crippen molar-refractivity contribution in [3.63, 3.8) is 0 Å². The van der Waals surface area contributed by atoms with E-state index in [9.17, 15) is 9.59 Å². The van der Waals surface area contributed by atoms with Crippen LogP contribution in [0.1, 0.15) is 26.2 Å². The Morgan fingerprint density at radius 3 is 2.88 bits per heavy atom. The zero-order valence-corrected chi connectivity index (χ0v) is 10.8. The molecule has 1 rings (SSSR count). The van der Waals surface area contributed by atoms with E-state index in [2.05, 4.69) is 5.32 Å². The van der Waals surface area contributed by atoms with E-state index in [-0.39, 0.29) is 24.4 Å². The van der Waals surface area contributed by atoms with Gasteiger partial charge in [-0.05, 0) is 24.9 Å². The van der Waals surface area contributed by atoms with Gasteiger partial charge in [0.2, 0.25) is 11.8 Å². The highest BCUT2D eigenvalue weighted by Gasteiger charge is 2.32. The standard InChI is InChI=1S/C11H20N2O2S/c1-3-5-9-11(15)12-8-10(14)13(9)6-4-7-16-2/h9H,3-8H2,1-2H3,(H,12,15). The summed E-state index contributed by atoms with van der Waals surface area (Å²) in [6.07, 6.45) is 4.69. The van der Waals surface area contributed by atoms with E-state index in [0.717, 1.165) is 25.0 Å². The predicted molar refractivity (Wildman–Crippen MR) is 66.4 cm³/mol. The number of carbonyl (C=O) groups excluding carboxylic acids is 2. The third-order valence-corrected chi connectivity index (χ3v) is 3.42. The van der Waals surface area contributed by atoms with E-state index in [1.54, 1.807) is 16.7 Å². The van der Waals surface area contributed by atoms with Crippen molar-refractivity contribution < 1.29 is 9.59 Å². The monoisotopic (exact) mass is 244 g/mol. The van der Waals surface area contributed by atoms with Crippen molar-refractivity contribution in [2.24, 2.45) is 0 Å². The molecule has 0 aromatic carbocycles. The van der Waals surface area contributed by atoms with Gasteiger partial charge in [-0.1, -0.05) is 13.3 Å². The van der Waals surface area contributed by atoms with Gasteiger partial charge in [0.25, 0.3) is 0 Å². The summed E-state index contributed by atoms with van der Waals surface area (Å²) < 4.78 is 0.